The molecule has 37 heavy (non-hydrogen) atoms. The summed E-state index contributed by atoms with van der Waals surface area (Å²) in [4.78, 5) is 59.5. The molecule has 1 aromatic rings. The summed E-state index contributed by atoms with van der Waals surface area (Å²) in [6.07, 6.45) is 3.45. The zero-order valence-corrected chi connectivity index (χ0v) is 25.5. The Morgan fingerprint density at radius 1 is 0.865 bits per heavy atom. The Morgan fingerprint density at radius 3 is 1.49 bits per heavy atom. The van der Waals surface area contributed by atoms with E-state index < -0.39 is 54.3 Å². The van der Waals surface area contributed by atoms with Crippen LogP contribution in [0.3, 0.4) is 0 Å². The molecule has 0 heterocycles. The van der Waals surface area contributed by atoms with Crippen LogP contribution < -0.4 is 96.9 Å². The van der Waals surface area contributed by atoms with E-state index in [1.807, 2.05) is 0 Å². The Labute approximate surface area is 276 Å². The van der Waals surface area contributed by atoms with Crippen molar-refractivity contribution < 1.29 is 145 Å². The fraction of sp³-hybridized carbons (Fsp3) is 0.238. The number of aliphatic hydroxyl groups is 1. The van der Waals surface area contributed by atoms with Crippen LogP contribution in [-0.2, 0) is 24.0 Å². The van der Waals surface area contributed by atoms with Crippen molar-refractivity contribution in [1.82, 2.24) is 0 Å². The molecule has 0 saturated carbocycles. The summed E-state index contributed by atoms with van der Waals surface area (Å²) in [5.74, 6) is -8.28. The van der Waals surface area contributed by atoms with Crippen LogP contribution in [0, 0.1) is 0 Å². The number of carbonyl (C=O) groups excluding carboxylic acids is 2. The van der Waals surface area contributed by atoms with E-state index in [0.717, 1.165) is 6.08 Å². The summed E-state index contributed by atoms with van der Waals surface area (Å²) < 4.78 is 0. The van der Waals surface area contributed by atoms with Gasteiger partial charge in [0.05, 0.1) is 31.3 Å². The van der Waals surface area contributed by atoms with Crippen LogP contribution in [-0.4, -0.2) is 73.5 Å². The number of benzene rings is 1. The molecule has 0 fully saturated rings. The molecule has 16 heteroatoms. The molecule has 0 bridgehead atoms. The molecule has 7 N–H and O–H groups in total. The molecule has 0 aromatic heterocycles. The van der Waals surface area contributed by atoms with Crippen molar-refractivity contribution in [3.05, 3.63) is 60.2 Å². The van der Waals surface area contributed by atoms with Gasteiger partial charge in [0, 0.05) is 0 Å². The minimum absolute atomic E-state index is 0. The second-order valence-corrected chi connectivity index (χ2v) is 5.93. The number of allylic oxidation sites excluding steroid dienone is 3. The van der Waals surface area contributed by atoms with Gasteiger partial charge in [-0.15, -0.1) is 0 Å². The molecular formula is C21H25KNNaO13. The van der Waals surface area contributed by atoms with Gasteiger partial charge >= 0.3 is 105 Å². The van der Waals surface area contributed by atoms with Gasteiger partial charge in [0.25, 0.3) is 0 Å². The Bertz CT molecular complexity index is 889. The predicted molar refractivity (Wildman–Crippen MR) is 114 cm³/mol. The minimum atomic E-state index is -2.74. The second kappa shape index (κ2) is 27.1. The smallest absolute Gasteiger partial charge is 0.545 e. The van der Waals surface area contributed by atoms with E-state index >= 15 is 0 Å². The van der Waals surface area contributed by atoms with Crippen LogP contribution in [0.15, 0.2) is 54.6 Å². The van der Waals surface area contributed by atoms with Crippen molar-refractivity contribution in [2.24, 2.45) is 5.73 Å². The van der Waals surface area contributed by atoms with Crippen molar-refractivity contribution in [3.63, 3.8) is 0 Å². The summed E-state index contributed by atoms with van der Waals surface area (Å²) >= 11 is 0. The monoisotopic (exact) mass is 561 g/mol. The van der Waals surface area contributed by atoms with E-state index in [2.05, 4.69) is 5.73 Å². The molecule has 0 aliphatic rings. The van der Waals surface area contributed by atoms with E-state index in [1.165, 1.54) is 18.2 Å². The number of aliphatic carboxylic acids is 5. The summed E-state index contributed by atoms with van der Waals surface area (Å²) in [6.45, 7) is 1.53. The third-order valence-electron chi connectivity index (χ3n) is 3.01. The first-order chi connectivity index (χ1) is 16.1. The van der Waals surface area contributed by atoms with Crippen LogP contribution in [0.5, 0.6) is 0 Å². The van der Waals surface area contributed by atoms with E-state index in [1.54, 1.807) is 37.3 Å². The van der Waals surface area contributed by atoms with Gasteiger partial charge in [-0.05, 0) is 18.6 Å². The Morgan fingerprint density at radius 2 is 1.27 bits per heavy atom. The molecule has 0 radical (unpaired) electrons. The first kappa shape index (κ1) is 45.0. The van der Waals surface area contributed by atoms with Crippen LogP contribution in [0.25, 0.3) is 0 Å². The molecular weight excluding hydrogens is 536 g/mol. The fourth-order valence-electron chi connectivity index (χ4n) is 1.53. The van der Waals surface area contributed by atoms with Crippen molar-refractivity contribution in [2.75, 3.05) is 6.54 Å². The number of carboxylic acid groups (broad SMARTS) is 6. The van der Waals surface area contributed by atoms with Gasteiger partial charge < -0.3 is 51.1 Å². The summed E-state index contributed by atoms with van der Waals surface area (Å²) in [5, 5.41) is 61.1. The molecule has 194 valence electrons. The maximum Gasteiger partial charge on any atom is 1.00 e. The largest absolute Gasteiger partial charge is 1.00 e. The summed E-state index contributed by atoms with van der Waals surface area (Å²) in [6, 6.07) is 8.06. The predicted octanol–water partition coefficient (Wildman–Crippen LogP) is -8.29. The van der Waals surface area contributed by atoms with E-state index in [4.69, 9.17) is 25.5 Å². The topological polar surface area (TPSA) is 276 Å². The maximum absolute atomic E-state index is 10.3. The average Bonchev–Trinajstić information content (AvgIpc) is 2.74. The van der Waals surface area contributed by atoms with Crippen molar-refractivity contribution in [1.29, 1.82) is 0 Å². The third-order valence-corrected chi connectivity index (χ3v) is 3.01. The first-order valence-electron chi connectivity index (χ1n) is 9.20. The van der Waals surface area contributed by atoms with Crippen LogP contribution in [0.1, 0.15) is 30.1 Å². The number of nitrogens with two attached hydrogens (primary N) is 1. The van der Waals surface area contributed by atoms with Gasteiger partial charge in [0.15, 0.2) is 5.60 Å². The second-order valence-electron chi connectivity index (χ2n) is 5.93. The van der Waals surface area contributed by atoms with Crippen LogP contribution >= 0.6 is 0 Å². The summed E-state index contributed by atoms with van der Waals surface area (Å²) in [5.41, 5.74) is 2.05. The van der Waals surface area contributed by atoms with Gasteiger partial charge in [0.1, 0.15) is 0 Å². The van der Waals surface area contributed by atoms with Crippen molar-refractivity contribution in [3.8, 4) is 0 Å². The van der Waals surface area contributed by atoms with E-state index in [-0.39, 0.29) is 93.1 Å². The quantitative estimate of drug-likeness (QED) is 0.0928. The number of aromatic carboxylic acids is 1. The fourth-order valence-corrected chi connectivity index (χ4v) is 1.53. The van der Waals surface area contributed by atoms with Crippen molar-refractivity contribution in [2.45, 2.75) is 25.4 Å². The SMILES string of the molecule is CC=CC=CC(=O)[O-].NCC(=O)O.O=C(O)CC(O)(CC(=O)O)C(=O)O.O=C([O-])c1ccccc1.[K+].[Na+]. The maximum atomic E-state index is 10.3. The molecule has 14 nitrogen and oxygen atoms in total. The molecule has 0 unspecified atom stereocenters. The molecule has 0 saturated heterocycles. The number of hydrogen-bond acceptors (Lipinski definition) is 10. The molecule has 0 aliphatic carbocycles. The molecule has 0 spiro atoms. The summed E-state index contributed by atoms with van der Waals surface area (Å²) in [7, 11) is 0. The van der Waals surface area contributed by atoms with Crippen LogP contribution in [0.4, 0.5) is 0 Å². The molecule has 1 rings (SSSR count). The van der Waals surface area contributed by atoms with E-state index in [0.29, 0.717) is 0 Å². The van der Waals surface area contributed by atoms with Gasteiger partial charge in [-0.2, -0.15) is 0 Å². The Hall–Kier alpha value is -1.92. The molecule has 1 aromatic carbocycles. The molecule has 0 atom stereocenters. The number of rotatable bonds is 9. The normalized spacial score (nSPS) is 9.38. The minimum Gasteiger partial charge on any atom is -0.545 e. The molecule has 0 aliphatic heterocycles. The average molecular weight is 562 g/mol. The standard InChI is InChI=1S/C7H6O2.C6H8O7.C6H8O2.C2H5NO2.K.Na/c8-7(9)6-4-2-1-3-5-6;7-3(8)1-6(13,5(11)12)2-4(9)10;1-2-3-4-5-6(7)8;3-1-2(4)5;;/h1-5H,(H,8,9);13H,1-2H2,(H,7,8)(H,9,10)(H,11,12);2-5H,1H3,(H,7,8);1,3H2,(H,4,5);;/q;;;;2*+1/p-2. The first-order valence-corrected chi connectivity index (χ1v) is 9.20. The molecule has 0 amide bonds. The number of carbonyl (C=O) groups is 6. The van der Waals surface area contributed by atoms with Gasteiger partial charge in [-0.1, -0.05) is 48.6 Å². The van der Waals surface area contributed by atoms with Crippen LogP contribution in [0.2, 0.25) is 0 Å². The zero-order valence-electron chi connectivity index (χ0n) is 20.4. The van der Waals surface area contributed by atoms with Gasteiger partial charge in [-0.25, -0.2) is 4.79 Å². The zero-order chi connectivity index (χ0) is 28.0. The van der Waals surface area contributed by atoms with Gasteiger partial charge in [0.2, 0.25) is 0 Å². The number of hydrogen-bond donors (Lipinski definition) is 6. The number of carboxylic acids is 6. The van der Waals surface area contributed by atoms with E-state index in [9.17, 15) is 39.0 Å². The third kappa shape index (κ3) is 32.0. The Balaban J connectivity index is -0.000000127. The Kier molecular flexibility index (Phi) is 33.0. The van der Waals surface area contributed by atoms with Crippen molar-refractivity contribution >= 4 is 35.8 Å². The van der Waals surface area contributed by atoms with Gasteiger partial charge in [-0.3, -0.25) is 14.4 Å².